The zero-order chi connectivity index (χ0) is 50.7. The van der Waals surface area contributed by atoms with E-state index in [0.29, 0.717) is 19.3 Å². The van der Waals surface area contributed by atoms with Gasteiger partial charge in [0.2, 0.25) is 0 Å². The number of unbranched alkanes of at least 4 members (excludes halogenated alkanes) is 34. The summed E-state index contributed by atoms with van der Waals surface area (Å²) in [5.41, 5.74) is 0. The highest BCUT2D eigenvalue weighted by atomic mass is 16.6. The van der Waals surface area contributed by atoms with Crippen molar-refractivity contribution in [3.8, 4) is 0 Å². The van der Waals surface area contributed by atoms with E-state index in [1.165, 1.54) is 167 Å². The minimum absolute atomic E-state index is 0.0837. The quantitative estimate of drug-likeness (QED) is 0.0261. The summed E-state index contributed by atoms with van der Waals surface area (Å²) in [6.45, 7) is 6.58. The van der Waals surface area contributed by atoms with Crippen LogP contribution in [0, 0.1) is 0 Å². The third kappa shape index (κ3) is 56.0. The Kier molecular flexibility index (Phi) is 56.3. The molecule has 6 nitrogen and oxygen atoms in total. The number of esters is 3. The molecule has 0 aliphatic rings. The van der Waals surface area contributed by atoms with Crippen molar-refractivity contribution in [1.29, 1.82) is 0 Å². The summed E-state index contributed by atoms with van der Waals surface area (Å²) in [5, 5.41) is 0. The van der Waals surface area contributed by atoms with Crippen molar-refractivity contribution in [2.75, 3.05) is 13.2 Å². The predicted octanol–water partition coefficient (Wildman–Crippen LogP) is 20.4. The van der Waals surface area contributed by atoms with Crippen LogP contribution in [0.1, 0.15) is 310 Å². The Balaban J connectivity index is 4.32. The van der Waals surface area contributed by atoms with E-state index in [1.54, 1.807) is 0 Å². The second-order valence-electron chi connectivity index (χ2n) is 20.2. The Hall–Kier alpha value is -2.89. The molecule has 0 aromatic rings. The molecule has 0 bridgehead atoms. The number of hydrogen-bond acceptors (Lipinski definition) is 6. The van der Waals surface area contributed by atoms with E-state index >= 15 is 0 Å². The number of ether oxygens (including phenoxy) is 3. The van der Waals surface area contributed by atoms with Gasteiger partial charge in [-0.15, -0.1) is 0 Å². The fourth-order valence-corrected chi connectivity index (χ4v) is 8.60. The lowest BCUT2D eigenvalue weighted by Gasteiger charge is -2.18. The van der Waals surface area contributed by atoms with E-state index in [-0.39, 0.29) is 31.1 Å². The van der Waals surface area contributed by atoms with Gasteiger partial charge in [-0.1, -0.05) is 248 Å². The van der Waals surface area contributed by atoms with Gasteiger partial charge in [0, 0.05) is 19.3 Å². The highest BCUT2D eigenvalue weighted by Crippen LogP contribution is 2.16. The predicted molar refractivity (Wildman–Crippen MR) is 302 cm³/mol. The molecule has 0 amide bonds. The molecule has 0 saturated carbocycles. The van der Waals surface area contributed by atoms with Crippen molar-refractivity contribution < 1.29 is 28.6 Å². The molecule has 0 rings (SSSR count). The van der Waals surface area contributed by atoms with Gasteiger partial charge in [0.15, 0.2) is 6.10 Å². The van der Waals surface area contributed by atoms with E-state index in [9.17, 15) is 14.4 Å². The number of hydrogen-bond donors (Lipinski definition) is 0. The lowest BCUT2D eigenvalue weighted by molar-refractivity contribution is -0.167. The lowest BCUT2D eigenvalue weighted by Crippen LogP contribution is -2.30. The molecular formula is C64H114O6. The molecule has 0 fully saturated rings. The number of carbonyl (C=O) groups excluding carboxylic acids is 3. The molecule has 0 radical (unpaired) electrons. The Bertz CT molecular complexity index is 1260. The second-order valence-corrected chi connectivity index (χ2v) is 20.2. The molecule has 1 atom stereocenters. The van der Waals surface area contributed by atoms with Crippen LogP contribution in [0.4, 0.5) is 0 Å². The van der Waals surface area contributed by atoms with Gasteiger partial charge < -0.3 is 14.2 Å². The van der Waals surface area contributed by atoms with E-state index in [4.69, 9.17) is 14.2 Å². The minimum Gasteiger partial charge on any atom is -0.462 e. The zero-order valence-electron chi connectivity index (χ0n) is 46.5. The zero-order valence-corrected chi connectivity index (χ0v) is 46.5. The molecule has 70 heavy (non-hydrogen) atoms. The first kappa shape index (κ1) is 67.1. The largest absolute Gasteiger partial charge is 0.462 e. The van der Waals surface area contributed by atoms with Crippen LogP contribution in [0.5, 0.6) is 0 Å². The molecule has 0 saturated heterocycles. The average molecular weight is 980 g/mol. The summed E-state index contributed by atoms with van der Waals surface area (Å²) < 4.78 is 16.9. The molecule has 0 aromatic heterocycles. The molecule has 0 spiro atoms. The first-order valence-electron chi connectivity index (χ1n) is 30.3. The number of carbonyl (C=O) groups is 3. The fraction of sp³-hybridized carbons (Fsp3) is 0.797. The standard InChI is InChI=1S/C64H114O6/c1-4-7-10-13-16-19-22-25-28-29-30-31-32-33-34-35-37-39-42-45-48-51-54-57-63(66)69-60-61(59-68-62(65)56-53-50-47-44-41-38-27-24-21-18-15-12-9-6-3)70-64(67)58-55-52-49-46-43-40-36-26-23-20-17-14-11-8-5-2/h15,17-18,20,24,26-27,29-30,36,61H,4-14,16,19,21-23,25,28,31-35,37-60H2,1-3H3/b18-15-,20-17-,27-24-,30-29-,36-26-. The van der Waals surface area contributed by atoms with Gasteiger partial charge >= 0.3 is 17.9 Å². The van der Waals surface area contributed by atoms with E-state index < -0.39 is 6.10 Å². The van der Waals surface area contributed by atoms with Gasteiger partial charge in [-0.05, 0) is 103 Å². The van der Waals surface area contributed by atoms with Gasteiger partial charge in [-0.25, -0.2) is 0 Å². The average Bonchev–Trinajstić information content (AvgIpc) is 3.36. The summed E-state index contributed by atoms with van der Waals surface area (Å²) in [5.74, 6) is -0.901. The monoisotopic (exact) mass is 979 g/mol. The first-order chi connectivity index (χ1) is 34.5. The Morgan fingerprint density at radius 3 is 0.871 bits per heavy atom. The third-order valence-corrected chi connectivity index (χ3v) is 13.2. The maximum Gasteiger partial charge on any atom is 0.306 e. The molecule has 0 N–H and O–H groups in total. The van der Waals surface area contributed by atoms with E-state index in [2.05, 4.69) is 81.5 Å². The Labute approximate surface area is 434 Å². The summed E-state index contributed by atoms with van der Waals surface area (Å²) in [4.78, 5) is 38.2. The van der Waals surface area contributed by atoms with Crippen molar-refractivity contribution in [2.45, 2.75) is 316 Å². The topological polar surface area (TPSA) is 78.9 Å². The van der Waals surface area contributed by atoms with Crippen LogP contribution >= 0.6 is 0 Å². The van der Waals surface area contributed by atoms with Crippen LogP contribution in [0.3, 0.4) is 0 Å². The second kappa shape index (κ2) is 58.7. The van der Waals surface area contributed by atoms with E-state index in [1.807, 2.05) is 0 Å². The molecule has 0 aromatic carbocycles. The molecule has 1 unspecified atom stereocenters. The molecule has 406 valence electrons. The molecule has 0 heterocycles. The third-order valence-electron chi connectivity index (χ3n) is 13.2. The van der Waals surface area contributed by atoms with Crippen LogP contribution < -0.4 is 0 Å². The minimum atomic E-state index is -0.788. The summed E-state index contributed by atoms with van der Waals surface area (Å²) in [6.07, 6.45) is 73.6. The van der Waals surface area contributed by atoms with Crippen molar-refractivity contribution >= 4 is 17.9 Å². The molecular weight excluding hydrogens is 865 g/mol. The van der Waals surface area contributed by atoms with Crippen LogP contribution in [-0.4, -0.2) is 37.2 Å². The van der Waals surface area contributed by atoms with Gasteiger partial charge in [-0.2, -0.15) is 0 Å². The lowest BCUT2D eigenvalue weighted by atomic mass is 10.0. The molecule has 0 aliphatic heterocycles. The SMILES string of the molecule is CCCC/C=C\C/C=C\CCCCCCCC(=O)OCC(COC(=O)CCCCCCCCCCCCC/C=C\CCCCCCCCCC)OC(=O)CCCCCCC/C=C\C/C=C\CCCCC. The summed E-state index contributed by atoms with van der Waals surface area (Å²) >= 11 is 0. The number of rotatable bonds is 55. The van der Waals surface area contributed by atoms with Crippen LogP contribution in [0.15, 0.2) is 60.8 Å². The Morgan fingerprint density at radius 2 is 0.529 bits per heavy atom. The molecule has 6 heteroatoms. The Morgan fingerprint density at radius 1 is 0.286 bits per heavy atom. The maximum absolute atomic E-state index is 12.9. The van der Waals surface area contributed by atoms with Gasteiger partial charge in [0.1, 0.15) is 13.2 Å². The van der Waals surface area contributed by atoms with Gasteiger partial charge in [0.05, 0.1) is 0 Å². The maximum atomic E-state index is 12.9. The van der Waals surface area contributed by atoms with E-state index in [0.717, 1.165) is 103 Å². The van der Waals surface area contributed by atoms with Crippen molar-refractivity contribution in [2.24, 2.45) is 0 Å². The van der Waals surface area contributed by atoms with Crippen LogP contribution in [0.2, 0.25) is 0 Å². The highest BCUT2D eigenvalue weighted by molar-refractivity contribution is 5.71. The fourth-order valence-electron chi connectivity index (χ4n) is 8.60. The van der Waals surface area contributed by atoms with Crippen molar-refractivity contribution in [3.05, 3.63) is 60.8 Å². The van der Waals surface area contributed by atoms with Crippen molar-refractivity contribution in [1.82, 2.24) is 0 Å². The number of allylic oxidation sites excluding steroid dienone is 10. The van der Waals surface area contributed by atoms with Crippen LogP contribution in [0.25, 0.3) is 0 Å². The first-order valence-corrected chi connectivity index (χ1v) is 30.3. The smallest absolute Gasteiger partial charge is 0.306 e. The normalized spacial score (nSPS) is 12.4. The highest BCUT2D eigenvalue weighted by Gasteiger charge is 2.19. The summed E-state index contributed by atoms with van der Waals surface area (Å²) in [6, 6.07) is 0. The van der Waals surface area contributed by atoms with Crippen LogP contribution in [-0.2, 0) is 28.6 Å². The van der Waals surface area contributed by atoms with Gasteiger partial charge in [0.25, 0.3) is 0 Å². The molecule has 0 aliphatic carbocycles. The van der Waals surface area contributed by atoms with Gasteiger partial charge in [-0.3, -0.25) is 14.4 Å². The summed E-state index contributed by atoms with van der Waals surface area (Å²) in [7, 11) is 0. The van der Waals surface area contributed by atoms with Crippen molar-refractivity contribution in [3.63, 3.8) is 0 Å².